The van der Waals surface area contributed by atoms with Gasteiger partial charge in [0.25, 0.3) is 0 Å². The molecule has 3 heteroatoms. The normalized spacial score (nSPS) is 22.2. The van der Waals surface area contributed by atoms with E-state index in [-0.39, 0.29) is 12.2 Å². The van der Waals surface area contributed by atoms with E-state index in [2.05, 4.69) is 0 Å². The lowest BCUT2D eigenvalue weighted by Crippen LogP contribution is -2.37. The molecule has 0 amide bonds. The van der Waals surface area contributed by atoms with Crippen LogP contribution in [0.2, 0.25) is 0 Å². The van der Waals surface area contributed by atoms with Crippen molar-refractivity contribution < 1.29 is 14.3 Å². The lowest BCUT2D eigenvalue weighted by Gasteiger charge is -2.36. The van der Waals surface area contributed by atoms with Crippen molar-refractivity contribution in [2.24, 2.45) is 11.8 Å². The van der Waals surface area contributed by atoms with Crippen LogP contribution in [0.5, 0.6) is 0 Å². The highest BCUT2D eigenvalue weighted by Crippen LogP contribution is 2.37. The van der Waals surface area contributed by atoms with Crippen LogP contribution >= 0.6 is 0 Å². The first-order valence-corrected chi connectivity index (χ1v) is 8.54. The van der Waals surface area contributed by atoms with Crippen LogP contribution in [0.25, 0.3) is 0 Å². The minimum absolute atomic E-state index is 0.0964. The molecule has 2 fully saturated rings. The van der Waals surface area contributed by atoms with Gasteiger partial charge in [-0.05, 0) is 51.4 Å². The molecule has 0 spiro atoms. The van der Waals surface area contributed by atoms with Crippen LogP contribution in [0.1, 0.15) is 78.1 Å². The highest BCUT2D eigenvalue weighted by molar-refractivity contribution is 5.60. The summed E-state index contributed by atoms with van der Waals surface area (Å²) in [7, 11) is 0. The summed E-state index contributed by atoms with van der Waals surface area (Å²) in [6.45, 7) is 3.75. The molecule has 0 heterocycles. The van der Waals surface area contributed by atoms with Gasteiger partial charge < -0.3 is 9.47 Å². The van der Waals surface area contributed by atoms with Gasteiger partial charge in [0, 0.05) is 0 Å². The quantitative estimate of drug-likeness (QED) is 0.675. The van der Waals surface area contributed by atoms with Gasteiger partial charge in [0.2, 0.25) is 0 Å². The first-order chi connectivity index (χ1) is 9.66. The second-order valence-corrected chi connectivity index (χ2v) is 6.80. The summed E-state index contributed by atoms with van der Waals surface area (Å²) in [5.74, 6) is 1.12. The number of carbonyl (C=O) groups is 1. The minimum Gasteiger partial charge on any atom is -0.432 e. The van der Waals surface area contributed by atoms with E-state index in [1.54, 1.807) is 0 Å². The molecule has 0 aromatic rings. The molecule has 0 aliphatic heterocycles. The maximum Gasteiger partial charge on any atom is 0.508 e. The highest BCUT2D eigenvalue weighted by atomic mass is 16.7. The molecule has 0 bridgehead atoms. The van der Waals surface area contributed by atoms with Gasteiger partial charge in [0.05, 0.1) is 6.10 Å². The van der Waals surface area contributed by atoms with Gasteiger partial charge >= 0.3 is 6.16 Å². The zero-order valence-electron chi connectivity index (χ0n) is 13.1. The number of rotatable bonds is 4. The number of hydrogen-bond donors (Lipinski definition) is 0. The zero-order valence-corrected chi connectivity index (χ0v) is 13.1. The van der Waals surface area contributed by atoms with Gasteiger partial charge in [-0.3, -0.25) is 0 Å². The van der Waals surface area contributed by atoms with Crippen molar-refractivity contribution in [3.05, 3.63) is 0 Å². The Bertz CT molecular complexity index is 271. The smallest absolute Gasteiger partial charge is 0.432 e. The first-order valence-electron chi connectivity index (χ1n) is 8.54. The fourth-order valence-corrected chi connectivity index (χ4v) is 3.83. The van der Waals surface area contributed by atoms with Crippen molar-refractivity contribution in [1.29, 1.82) is 0 Å². The van der Waals surface area contributed by atoms with E-state index >= 15 is 0 Å². The van der Waals surface area contributed by atoms with E-state index in [1.165, 1.54) is 64.2 Å². The van der Waals surface area contributed by atoms with E-state index in [9.17, 15) is 4.79 Å². The highest BCUT2D eigenvalue weighted by Gasteiger charge is 2.34. The van der Waals surface area contributed by atoms with Crippen LogP contribution in [-0.2, 0) is 9.47 Å². The van der Waals surface area contributed by atoms with E-state index in [4.69, 9.17) is 9.47 Å². The van der Waals surface area contributed by atoms with E-state index < -0.39 is 6.16 Å². The minimum atomic E-state index is -0.457. The molecular weight excluding hydrogens is 252 g/mol. The maximum absolute atomic E-state index is 11.9. The van der Waals surface area contributed by atoms with Gasteiger partial charge in [-0.15, -0.1) is 0 Å². The van der Waals surface area contributed by atoms with Crippen LogP contribution < -0.4 is 0 Å². The molecule has 116 valence electrons. The van der Waals surface area contributed by atoms with Crippen LogP contribution in [0.4, 0.5) is 4.79 Å². The molecule has 0 atom stereocenters. The summed E-state index contributed by atoms with van der Waals surface area (Å²) in [6, 6.07) is 0. The predicted molar refractivity (Wildman–Crippen MR) is 79.6 cm³/mol. The molecule has 0 unspecified atom stereocenters. The monoisotopic (exact) mass is 282 g/mol. The lowest BCUT2D eigenvalue weighted by atomic mass is 9.75. The third-order valence-corrected chi connectivity index (χ3v) is 4.79. The van der Waals surface area contributed by atoms with Crippen LogP contribution in [0, 0.1) is 11.8 Å². The SMILES string of the molecule is CC(C)OC(=O)OC(C1CCCCC1)C1CCCCC1. The Labute approximate surface area is 123 Å². The largest absolute Gasteiger partial charge is 0.508 e. The summed E-state index contributed by atoms with van der Waals surface area (Å²) in [5, 5.41) is 0. The third-order valence-electron chi connectivity index (χ3n) is 4.79. The molecule has 0 aromatic heterocycles. The molecule has 2 aliphatic carbocycles. The fourth-order valence-electron chi connectivity index (χ4n) is 3.83. The van der Waals surface area contributed by atoms with Crippen molar-refractivity contribution in [1.82, 2.24) is 0 Å². The third kappa shape index (κ3) is 4.68. The van der Waals surface area contributed by atoms with Crippen molar-refractivity contribution in [3.8, 4) is 0 Å². The predicted octanol–water partition coefficient (Wildman–Crippen LogP) is 5.08. The molecule has 2 rings (SSSR count). The van der Waals surface area contributed by atoms with Gasteiger partial charge in [-0.25, -0.2) is 4.79 Å². The topological polar surface area (TPSA) is 35.5 Å². The summed E-state index contributed by atoms with van der Waals surface area (Å²) in [6.07, 6.45) is 12.2. The summed E-state index contributed by atoms with van der Waals surface area (Å²) in [4.78, 5) is 11.9. The molecule has 0 saturated heterocycles. The van der Waals surface area contributed by atoms with Gasteiger partial charge in [0.1, 0.15) is 6.10 Å². The van der Waals surface area contributed by atoms with Crippen molar-refractivity contribution in [3.63, 3.8) is 0 Å². The lowest BCUT2D eigenvalue weighted by molar-refractivity contribution is -0.0465. The number of hydrogen-bond acceptors (Lipinski definition) is 3. The Hall–Kier alpha value is -0.730. The number of ether oxygens (including phenoxy) is 2. The molecule has 0 aromatic carbocycles. The average molecular weight is 282 g/mol. The first kappa shape index (κ1) is 15.7. The Morgan fingerprint density at radius 2 is 1.25 bits per heavy atom. The maximum atomic E-state index is 11.9. The van der Waals surface area contributed by atoms with Gasteiger partial charge in [-0.1, -0.05) is 38.5 Å². The molecular formula is C17H30O3. The Kier molecular flexibility index (Phi) is 6.18. The summed E-state index contributed by atoms with van der Waals surface area (Å²) >= 11 is 0. The van der Waals surface area contributed by atoms with Crippen LogP contribution in [0.3, 0.4) is 0 Å². The fraction of sp³-hybridized carbons (Fsp3) is 0.941. The summed E-state index contributed by atoms with van der Waals surface area (Å²) < 4.78 is 11.0. The number of carbonyl (C=O) groups excluding carboxylic acids is 1. The van der Waals surface area contributed by atoms with Crippen LogP contribution in [0.15, 0.2) is 0 Å². The van der Waals surface area contributed by atoms with Crippen molar-refractivity contribution >= 4 is 6.16 Å². The van der Waals surface area contributed by atoms with E-state index in [1.807, 2.05) is 13.8 Å². The summed E-state index contributed by atoms with van der Waals surface area (Å²) in [5.41, 5.74) is 0. The van der Waals surface area contributed by atoms with E-state index in [0.29, 0.717) is 11.8 Å². The van der Waals surface area contributed by atoms with Crippen LogP contribution in [-0.4, -0.2) is 18.4 Å². The zero-order chi connectivity index (χ0) is 14.4. The molecule has 2 aliphatic rings. The molecule has 0 radical (unpaired) electrons. The second-order valence-electron chi connectivity index (χ2n) is 6.80. The molecule has 2 saturated carbocycles. The van der Waals surface area contributed by atoms with Gasteiger partial charge in [-0.2, -0.15) is 0 Å². The molecule has 0 N–H and O–H groups in total. The average Bonchev–Trinajstić information content (AvgIpc) is 2.46. The molecule has 20 heavy (non-hydrogen) atoms. The Morgan fingerprint density at radius 3 is 1.65 bits per heavy atom. The van der Waals surface area contributed by atoms with Gasteiger partial charge in [0.15, 0.2) is 0 Å². The molecule has 3 nitrogen and oxygen atoms in total. The van der Waals surface area contributed by atoms with E-state index in [0.717, 1.165) is 0 Å². The van der Waals surface area contributed by atoms with Crippen molar-refractivity contribution in [2.45, 2.75) is 90.3 Å². The standard InChI is InChI=1S/C17H30O3/c1-13(2)19-17(18)20-16(14-9-5-3-6-10-14)15-11-7-4-8-12-15/h13-16H,3-12H2,1-2H3. The Morgan fingerprint density at radius 1 is 0.800 bits per heavy atom. The second kappa shape index (κ2) is 7.90. The van der Waals surface area contributed by atoms with Crippen molar-refractivity contribution in [2.75, 3.05) is 0 Å². The Balaban J connectivity index is 1.96.